The third-order valence-corrected chi connectivity index (χ3v) is 5.11. The number of rotatable bonds is 8. The Labute approximate surface area is 202 Å². The predicted molar refractivity (Wildman–Crippen MR) is 131 cm³/mol. The largest absolute Gasteiger partial charge is 0.493 e. The lowest BCUT2D eigenvalue weighted by Crippen LogP contribution is -2.21. The van der Waals surface area contributed by atoms with Gasteiger partial charge in [-0.15, -0.1) is 0 Å². The van der Waals surface area contributed by atoms with Gasteiger partial charge in [-0.25, -0.2) is 4.79 Å². The van der Waals surface area contributed by atoms with Gasteiger partial charge in [0, 0.05) is 11.1 Å². The summed E-state index contributed by atoms with van der Waals surface area (Å²) in [6.45, 7) is 1.62. The zero-order valence-electron chi connectivity index (χ0n) is 19.0. The van der Waals surface area contributed by atoms with Crippen molar-refractivity contribution in [1.29, 1.82) is 5.26 Å². The van der Waals surface area contributed by atoms with E-state index in [4.69, 9.17) is 13.9 Å². The lowest BCUT2D eigenvalue weighted by molar-refractivity contribution is -0.119. The van der Waals surface area contributed by atoms with Gasteiger partial charge in [-0.05, 0) is 24.6 Å². The quantitative estimate of drug-likeness (QED) is 0.335. The molecule has 0 saturated carbocycles. The molecule has 1 N–H and O–H groups in total. The molecule has 35 heavy (non-hydrogen) atoms. The van der Waals surface area contributed by atoms with Crippen molar-refractivity contribution in [2.75, 3.05) is 18.5 Å². The average Bonchev–Trinajstić information content (AvgIpc) is 3.26. The van der Waals surface area contributed by atoms with E-state index in [-0.39, 0.29) is 17.0 Å². The number of esters is 1. The normalized spacial score (nSPS) is 10.3. The smallest absolute Gasteiger partial charge is 0.342 e. The van der Waals surface area contributed by atoms with Crippen LogP contribution >= 0.6 is 0 Å². The van der Waals surface area contributed by atoms with Crippen LogP contribution in [-0.2, 0) is 9.53 Å². The second-order valence-corrected chi connectivity index (χ2v) is 7.41. The highest BCUT2D eigenvalue weighted by Crippen LogP contribution is 2.41. The zero-order valence-corrected chi connectivity index (χ0v) is 19.0. The Morgan fingerprint density at radius 3 is 2.20 bits per heavy atom. The van der Waals surface area contributed by atoms with Gasteiger partial charge in [0.15, 0.2) is 6.61 Å². The van der Waals surface area contributed by atoms with Crippen LogP contribution in [0.4, 0.5) is 5.88 Å². The second-order valence-electron chi connectivity index (χ2n) is 7.41. The summed E-state index contributed by atoms with van der Waals surface area (Å²) in [5, 5.41) is 12.5. The van der Waals surface area contributed by atoms with E-state index in [0.717, 1.165) is 11.1 Å². The Bertz CT molecular complexity index is 1370. The Morgan fingerprint density at radius 2 is 1.54 bits per heavy atom. The van der Waals surface area contributed by atoms with Crippen molar-refractivity contribution in [3.8, 4) is 34.3 Å². The molecule has 1 aromatic heterocycles. The molecule has 0 atom stereocenters. The van der Waals surface area contributed by atoms with Crippen LogP contribution in [0.15, 0.2) is 89.3 Å². The van der Waals surface area contributed by atoms with E-state index in [2.05, 4.69) is 11.4 Å². The number of para-hydroxylation sites is 1. The third-order valence-electron chi connectivity index (χ3n) is 5.11. The first kappa shape index (κ1) is 23.3. The molecule has 3 aromatic carbocycles. The Hall–Kier alpha value is -4.83. The van der Waals surface area contributed by atoms with Gasteiger partial charge >= 0.3 is 5.97 Å². The molecule has 1 amide bonds. The Balaban J connectivity index is 1.58. The van der Waals surface area contributed by atoms with Crippen molar-refractivity contribution in [1.82, 2.24) is 0 Å². The fourth-order valence-corrected chi connectivity index (χ4v) is 3.59. The topological polar surface area (TPSA) is 102 Å². The molecule has 0 spiro atoms. The molecule has 4 rings (SSSR count). The minimum absolute atomic E-state index is 0.0130. The summed E-state index contributed by atoms with van der Waals surface area (Å²) in [6.07, 6.45) is 0. The number of amides is 1. The molecule has 7 heteroatoms. The molecule has 0 aliphatic heterocycles. The van der Waals surface area contributed by atoms with Crippen molar-refractivity contribution in [3.05, 3.63) is 96.1 Å². The Morgan fingerprint density at radius 1 is 0.914 bits per heavy atom. The molecule has 0 aliphatic carbocycles. The van der Waals surface area contributed by atoms with Crippen LogP contribution < -0.4 is 10.1 Å². The van der Waals surface area contributed by atoms with Gasteiger partial charge in [0.1, 0.15) is 28.7 Å². The minimum Gasteiger partial charge on any atom is -0.493 e. The van der Waals surface area contributed by atoms with E-state index < -0.39 is 18.5 Å². The molecular weight excluding hydrogens is 444 g/mol. The highest BCUT2D eigenvalue weighted by atomic mass is 16.5. The summed E-state index contributed by atoms with van der Waals surface area (Å²) in [4.78, 5) is 25.1. The fourth-order valence-electron chi connectivity index (χ4n) is 3.59. The molecule has 174 valence electrons. The molecule has 0 fully saturated rings. The van der Waals surface area contributed by atoms with Gasteiger partial charge in [0.25, 0.3) is 5.91 Å². The maximum absolute atomic E-state index is 12.6. The molecule has 7 nitrogen and oxygen atoms in total. The van der Waals surface area contributed by atoms with Gasteiger partial charge in [0.2, 0.25) is 5.88 Å². The van der Waals surface area contributed by atoms with E-state index in [0.29, 0.717) is 23.7 Å². The predicted octanol–water partition coefficient (Wildman–Crippen LogP) is 5.68. The third kappa shape index (κ3) is 5.23. The van der Waals surface area contributed by atoms with Crippen molar-refractivity contribution in [3.63, 3.8) is 0 Å². The summed E-state index contributed by atoms with van der Waals surface area (Å²) < 4.78 is 16.6. The van der Waals surface area contributed by atoms with Gasteiger partial charge in [-0.1, -0.05) is 72.8 Å². The summed E-state index contributed by atoms with van der Waals surface area (Å²) in [6, 6.07) is 27.4. The molecule has 1 heterocycles. The maximum Gasteiger partial charge on any atom is 0.342 e. The number of furan rings is 1. The van der Waals surface area contributed by atoms with Crippen LogP contribution in [0, 0.1) is 11.3 Å². The van der Waals surface area contributed by atoms with Crippen LogP contribution in [0.3, 0.4) is 0 Å². The number of hydrogen-bond acceptors (Lipinski definition) is 6. The van der Waals surface area contributed by atoms with E-state index in [1.807, 2.05) is 60.7 Å². The number of nitriles is 1. The minimum atomic E-state index is -0.695. The van der Waals surface area contributed by atoms with Crippen molar-refractivity contribution >= 4 is 17.8 Å². The van der Waals surface area contributed by atoms with Crippen LogP contribution in [0.25, 0.3) is 22.5 Å². The van der Waals surface area contributed by atoms with E-state index in [1.165, 1.54) is 0 Å². The van der Waals surface area contributed by atoms with Crippen molar-refractivity contribution < 1.29 is 23.5 Å². The van der Waals surface area contributed by atoms with Crippen molar-refractivity contribution in [2.45, 2.75) is 6.92 Å². The van der Waals surface area contributed by atoms with E-state index in [9.17, 15) is 14.9 Å². The van der Waals surface area contributed by atoms with Gasteiger partial charge < -0.3 is 13.9 Å². The van der Waals surface area contributed by atoms with E-state index >= 15 is 0 Å². The average molecular weight is 466 g/mol. The maximum atomic E-state index is 12.6. The van der Waals surface area contributed by atoms with Crippen LogP contribution in [-0.4, -0.2) is 25.1 Å². The monoisotopic (exact) mass is 466 g/mol. The number of anilines is 1. The van der Waals surface area contributed by atoms with Crippen molar-refractivity contribution in [2.24, 2.45) is 0 Å². The summed E-state index contributed by atoms with van der Waals surface area (Å²) in [7, 11) is 0. The van der Waals surface area contributed by atoms with Gasteiger partial charge in [-0.2, -0.15) is 5.26 Å². The SMILES string of the molecule is CCOc1ccccc1C(=O)OCC(=O)Nc1oc(-c2ccccc2)c(-c2ccccc2)c1C#N. The summed E-state index contributed by atoms with van der Waals surface area (Å²) in [5.41, 5.74) is 2.48. The lowest BCUT2D eigenvalue weighted by atomic mass is 9.98. The summed E-state index contributed by atoms with van der Waals surface area (Å²) in [5.74, 6) is -0.527. The van der Waals surface area contributed by atoms with Gasteiger partial charge in [-0.3, -0.25) is 10.1 Å². The molecule has 0 unspecified atom stereocenters. The molecule has 4 aromatic rings. The van der Waals surface area contributed by atoms with E-state index in [1.54, 1.807) is 31.2 Å². The van der Waals surface area contributed by atoms with Gasteiger partial charge in [0.05, 0.1) is 6.61 Å². The number of nitrogens with zero attached hydrogens (tertiary/aromatic N) is 1. The molecular formula is C28H22N2O5. The first-order valence-corrected chi connectivity index (χ1v) is 11.0. The summed E-state index contributed by atoms with van der Waals surface area (Å²) >= 11 is 0. The standard InChI is InChI=1S/C28H22N2O5/c1-2-33-23-16-10-9-15-21(23)28(32)34-18-24(31)30-27-22(17-29)25(19-11-5-3-6-12-19)26(35-27)20-13-7-4-8-14-20/h3-16H,2,18H2,1H3,(H,30,31). The fraction of sp³-hybridized carbons (Fsp3) is 0.107. The van der Waals surface area contributed by atoms with Crippen LogP contribution in [0.2, 0.25) is 0 Å². The van der Waals surface area contributed by atoms with Crippen LogP contribution in [0.5, 0.6) is 5.75 Å². The number of carbonyl (C=O) groups excluding carboxylic acids is 2. The van der Waals surface area contributed by atoms with Crippen LogP contribution in [0.1, 0.15) is 22.8 Å². The molecule has 0 aliphatic rings. The molecule has 0 radical (unpaired) electrons. The number of ether oxygens (including phenoxy) is 2. The number of benzene rings is 3. The molecule has 0 bridgehead atoms. The highest BCUT2D eigenvalue weighted by Gasteiger charge is 2.24. The second kappa shape index (κ2) is 10.9. The number of carbonyl (C=O) groups is 2. The molecule has 0 saturated heterocycles. The first-order chi connectivity index (χ1) is 17.1. The number of hydrogen-bond donors (Lipinski definition) is 1. The number of nitrogens with one attached hydrogen (secondary N) is 1. The first-order valence-electron chi connectivity index (χ1n) is 11.0. The zero-order chi connectivity index (χ0) is 24.6. The lowest BCUT2D eigenvalue weighted by Gasteiger charge is -2.09. The highest BCUT2D eigenvalue weighted by molar-refractivity contribution is 5.98. The Kier molecular flexibility index (Phi) is 7.24.